The third kappa shape index (κ3) is 1.60. The van der Waals surface area contributed by atoms with E-state index in [2.05, 4.69) is 5.32 Å². The molecule has 15 heavy (non-hydrogen) atoms. The van der Waals surface area contributed by atoms with Crippen molar-refractivity contribution >= 4 is 17.3 Å². The Morgan fingerprint density at radius 3 is 2.73 bits per heavy atom. The molecule has 2 bridgehead atoms. The van der Waals surface area contributed by atoms with Gasteiger partial charge >= 0.3 is 0 Å². The van der Waals surface area contributed by atoms with Crippen molar-refractivity contribution in [1.29, 1.82) is 0 Å². The second-order valence-electron chi connectivity index (χ2n) is 3.82. The van der Waals surface area contributed by atoms with Crippen LogP contribution in [0.2, 0.25) is 0 Å². The summed E-state index contributed by atoms with van der Waals surface area (Å²) < 4.78 is 5.36. The van der Waals surface area contributed by atoms with E-state index in [9.17, 15) is 10.2 Å². The van der Waals surface area contributed by atoms with Gasteiger partial charge in [-0.05, 0) is 12.2 Å². The molecule has 2 aliphatic heterocycles. The van der Waals surface area contributed by atoms with Gasteiger partial charge in [0.15, 0.2) is 11.3 Å². The molecule has 0 unspecified atom stereocenters. The predicted octanol–water partition coefficient (Wildman–Crippen LogP) is -2.39. The Bertz CT molecular complexity index is 271. The summed E-state index contributed by atoms with van der Waals surface area (Å²) in [7, 11) is 1.69. The summed E-state index contributed by atoms with van der Waals surface area (Å²) in [6.07, 6.45) is -3.13. The maximum absolute atomic E-state index is 9.83. The van der Waals surface area contributed by atoms with Gasteiger partial charge in [-0.2, -0.15) is 0 Å². The van der Waals surface area contributed by atoms with Crippen molar-refractivity contribution < 1.29 is 20.1 Å². The predicted molar refractivity (Wildman–Crippen MR) is 55.0 cm³/mol. The number of likely N-dealkylation sites (N-methyl/N-ethyl adjacent to an activating group) is 1. The van der Waals surface area contributed by atoms with Crippen LogP contribution in [0.25, 0.3) is 0 Å². The number of thiocarbonyl (C=S) groups is 1. The third-order valence-electron chi connectivity index (χ3n) is 2.90. The second-order valence-corrected chi connectivity index (χ2v) is 4.20. The molecule has 0 aromatic rings. The number of aliphatic hydroxyl groups is 3. The van der Waals surface area contributed by atoms with E-state index in [0.29, 0.717) is 5.11 Å². The minimum absolute atomic E-state index is 0.289. The highest BCUT2D eigenvalue weighted by Gasteiger charge is 2.49. The molecule has 0 spiro atoms. The van der Waals surface area contributed by atoms with Crippen LogP contribution in [0.3, 0.4) is 0 Å². The average Bonchev–Trinajstić information content (AvgIpc) is 2.21. The lowest BCUT2D eigenvalue weighted by atomic mass is 9.93. The Kier molecular flexibility index (Phi) is 2.82. The Morgan fingerprint density at radius 1 is 1.47 bits per heavy atom. The van der Waals surface area contributed by atoms with E-state index >= 15 is 0 Å². The number of rotatable bonds is 1. The average molecular weight is 234 g/mol. The van der Waals surface area contributed by atoms with E-state index in [1.54, 1.807) is 11.9 Å². The first-order valence-corrected chi connectivity index (χ1v) is 5.13. The molecule has 6 nitrogen and oxygen atoms in total. The molecule has 2 heterocycles. The largest absolute Gasteiger partial charge is 0.394 e. The van der Waals surface area contributed by atoms with Crippen LogP contribution in [0, 0.1) is 0 Å². The number of fused-ring (bicyclic) bond motifs is 2. The summed E-state index contributed by atoms with van der Waals surface area (Å²) >= 11 is 5.01. The molecular formula is C8H14N2O4S. The molecule has 2 rings (SSSR count). The molecule has 4 N–H and O–H groups in total. The molecule has 0 saturated carbocycles. The molecule has 0 aromatic heterocycles. The summed E-state index contributed by atoms with van der Waals surface area (Å²) in [4.78, 5) is 1.57. The van der Waals surface area contributed by atoms with Gasteiger partial charge in [0.1, 0.15) is 18.3 Å². The second kappa shape index (κ2) is 3.84. The Balaban J connectivity index is 2.23. The van der Waals surface area contributed by atoms with Crippen LogP contribution in [0.15, 0.2) is 0 Å². The fourth-order valence-corrected chi connectivity index (χ4v) is 2.19. The lowest BCUT2D eigenvalue weighted by Gasteiger charge is -2.50. The maximum Gasteiger partial charge on any atom is 0.171 e. The van der Waals surface area contributed by atoms with Crippen molar-refractivity contribution in [3.8, 4) is 0 Å². The van der Waals surface area contributed by atoms with Gasteiger partial charge in [-0.15, -0.1) is 0 Å². The van der Waals surface area contributed by atoms with Crippen molar-refractivity contribution in [2.24, 2.45) is 0 Å². The Labute approximate surface area is 92.4 Å². The van der Waals surface area contributed by atoms with E-state index in [0.717, 1.165) is 0 Å². The first-order valence-electron chi connectivity index (χ1n) is 4.72. The zero-order valence-electron chi connectivity index (χ0n) is 8.20. The van der Waals surface area contributed by atoms with Gasteiger partial charge in [-0.25, -0.2) is 0 Å². The number of hydrogen-bond acceptors (Lipinski definition) is 5. The molecule has 7 heteroatoms. The minimum atomic E-state index is -0.965. The number of nitrogens with one attached hydrogen (secondary N) is 1. The molecule has 2 saturated heterocycles. The van der Waals surface area contributed by atoms with E-state index in [1.807, 2.05) is 0 Å². The van der Waals surface area contributed by atoms with Crippen LogP contribution in [0.4, 0.5) is 0 Å². The zero-order valence-corrected chi connectivity index (χ0v) is 9.02. The first-order chi connectivity index (χ1) is 7.06. The highest BCUT2D eigenvalue weighted by atomic mass is 32.1. The standard InChI is InChI=1S/C8H14N2O4S/c1-10-7-6(13)4(9-8(10)15)5(12)3(2-11)14-7/h3-7,11-13H,2H2,1H3,(H,9,15)/t3-,4-,5-,6-,7+/m1/s1. The van der Waals surface area contributed by atoms with Gasteiger partial charge in [0.05, 0.1) is 12.6 Å². The summed E-state index contributed by atoms with van der Waals surface area (Å²) in [5, 5.41) is 31.9. The quantitative estimate of drug-likeness (QED) is 0.377. The van der Waals surface area contributed by atoms with Crippen molar-refractivity contribution in [3.05, 3.63) is 0 Å². The van der Waals surface area contributed by atoms with Crippen LogP contribution in [-0.2, 0) is 4.74 Å². The fraction of sp³-hybridized carbons (Fsp3) is 0.875. The maximum atomic E-state index is 9.83. The molecule has 2 fully saturated rings. The summed E-state index contributed by atoms with van der Waals surface area (Å²) in [5.41, 5.74) is 0. The highest BCUT2D eigenvalue weighted by Crippen LogP contribution is 2.26. The van der Waals surface area contributed by atoms with E-state index in [-0.39, 0.29) is 6.61 Å². The monoisotopic (exact) mass is 234 g/mol. The summed E-state index contributed by atoms with van der Waals surface area (Å²) in [6, 6.07) is -0.579. The summed E-state index contributed by atoms with van der Waals surface area (Å²) in [5.74, 6) is 0. The summed E-state index contributed by atoms with van der Waals surface area (Å²) in [6.45, 7) is -0.289. The molecule has 0 aliphatic carbocycles. The van der Waals surface area contributed by atoms with Crippen molar-refractivity contribution in [3.63, 3.8) is 0 Å². The van der Waals surface area contributed by atoms with Gasteiger partial charge in [0.2, 0.25) is 0 Å². The molecule has 0 radical (unpaired) electrons. The van der Waals surface area contributed by atoms with Crippen LogP contribution in [0.5, 0.6) is 0 Å². The number of aliphatic hydroxyl groups excluding tert-OH is 3. The Morgan fingerprint density at radius 2 is 2.13 bits per heavy atom. The molecule has 2 aliphatic rings. The van der Waals surface area contributed by atoms with Gasteiger partial charge in [0.25, 0.3) is 0 Å². The van der Waals surface area contributed by atoms with Crippen molar-refractivity contribution in [2.75, 3.05) is 13.7 Å². The molecule has 0 amide bonds. The topological polar surface area (TPSA) is 85.2 Å². The zero-order chi connectivity index (χ0) is 11.2. The lowest BCUT2D eigenvalue weighted by molar-refractivity contribution is -0.229. The number of ether oxygens (including phenoxy) is 1. The fourth-order valence-electron chi connectivity index (χ4n) is 1.95. The van der Waals surface area contributed by atoms with E-state index in [1.165, 1.54) is 0 Å². The van der Waals surface area contributed by atoms with Gasteiger partial charge in [0, 0.05) is 7.05 Å². The van der Waals surface area contributed by atoms with Crippen molar-refractivity contribution in [1.82, 2.24) is 10.2 Å². The lowest BCUT2D eigenvalue weighted by Crippen LogP contribution is -2.73. The highest BCUT2D eigenvalue weighted by molar-refractivity contribution is 7.80. The molecule has 5 atom stereocenters. The van der Waals surface area contributed by atoms with Crippen molar-refractivity contribution in [2.45, 2.75) is 30.6 Å². The van der Waals surface area contributed by atoms with Crippen LogP contribution < -0.4 is 5.32 Å². The van der Waals surface area contributed by atoms with Gasteiger partial charge in [-0.1, -0.05) is 0 Å². The SMILES string of the molecule is CN1C(=S)N[C@H]2[C@@H](O)[C@@H]1O[C@H](CO)[C@H]2O. The van der Waals surface area contributed by atoms with Crippen LogP contribution >= 0.6 is 12.2 Å². The van der Waals surface area contributed by atoms with E-state index in [4.69, 9.17) is 22.1 Å². The number of nitrogens with zero attached hydrogens (tertiary/aromatic N) is 1. The Hall–Kier alpha value is -0.470. The third-order valence-corrected chi connectivity index (χ3v) is 3.30. The molecule has 0 aromatic carbocycles. The van der Waals surface area contributed by atoms with Gasteiger partial charge < -0.3 is 30.3 Å². The van der Waals surface area contributed by atoms with Crippen LogP contribution in [0.1, 0.15) is 0 Å². The normalized spacial score (nSPS) is 45.2. The van der Waals surface area contributed by atoms with Gasteiger partial charge in [-0.3, -0.25) is 0 Å². The molecule has 86 valence electrons. The smallest absolute Gasteiger partial charge is 0.171 e. The van der Waals surface area contributed by atoms with Crippen LogP contribution in [-0.4, -0.2) is 69.6 Å². The molecular weight excluding hydrogens is 220 g/mol. The first kappa shape index (κ1) is 11.0. The van der Waals surface area contributed by atoms with E-state index < -0.39 is 30.6 Å². The number of hydrogen-bond donors (Lipinski definition) is 4. The minimum Gasteiger partial charge on any atom is -0.394 e.